The molecule has 600 valence electrons. The molecule has 15 heteroatoms. The number of fused-ring (bicyclic) bond motifs is 30. The summed E-state index contributed by atoms with van der Waals surface area (Å²) in [6, 6.07) is 134. The van der Waals surface area contributed by atoms with E-state index in [-0.39, 0.29) is 0 Å². The lowest BCUT2D eigenvalue weighted by Gasteiger charge is -2.11. The molecule has 0 spiro atoms. The molecule has 0 atom stereocenters. The van der Waals surface area contributed by atoms with Crippen molar-refractivity contribution in [2.24, 2.45) is 0 Å². The molecular formula is C114H63N9O4S2. The van der Waals surface area contributed by atoms with Gasteiger partial charge in [0.2, 0.25) is 23.6 Å². The summed E-state index contributed by atoms with van der Waals surface area (Å²) in [5.74, 6) is 1.87. The van der Waals surface area contributed by atoms with Crippen LogP contribution in [0.2, 0.25) is 0 Å². The van der Waals surface area contributed by atoms with Crippen LogP contribution in [0.4, 0.5) is 0 Å². The van der Waals surface area contributed by atoms with E-state index in [0.29, 0.717) is 29.1 Å². The molecule has 0 radical (unpaired) electrons. The van der Waals surface area contributed by atoms with Gasteiger partial charge in [-0.15, -0.1) is 22.7 Å². The number of nitrogens with zero attached hydrogens (tertiary/aromatic N) is 9. The van der Waals surface area contributed by atoms with Crippen molar-refractivity contribution in [2.75, 3.05) is 0 Å². The van der Waals surface area contributed by atoms with Crippen molar-refractivity contribution in [3.05, 3.63) is 382 Å². The number of hydrogen-bond donors (Lipinski definition) is 0. The van der Waals surface area contributed by atoms with Gasteiger partial charge in [-0.25, -0.2) is 24.9 Å². The number of benzene rings is 18. The molecule has 0 aliphatic rings. The van der Waals surface area contributed by atoms with Crippen molar-refractivity contribution in [1.29, 1.82) is 0 Å². The Hall–Kier alpha value is -17.0. The molecule has 30 rings (SSSR count). The average molecular weight is 1690 g/mol. The third kappa shape index (κ3) is 11.0. The van der Waals surface area contributed by atoms with E-state index in [1.807, 2.05) is 84.1 Å². The van der Waals surface area contributed by atoms with Crippen molar-refractivity contribution in [1.82, 2.24) is 43.6 Å². The molecule has 0 aliphatic heterocycles. The maximum atomic E-state index is 6.48. The topological polar surface area (TPSA) is 145 Å². The lowest BCUT2D eigenvalue weighted by atomic mass is 10.0. The molecule has 129 heavy (non-hydrogen) atoms. The number of aromatic nitrogens is 9. The molecule has 0 amide bonds. The number of para-hydroxylation sites is 7. The van der Waals surface area contributed by atoms with E-state index in [4.69, 9.17) is 47.6 Å². The maximum absolute atomic E-state index is 6.48. The average Bonchev–Trinajstić information content (AvgIpc) is 1.58. The van der Waals surface area contributed by atoms with Gasteiger partial charge in [-0.05, 0) is 172 Å². The molecule has 0 N–H and O–H groups in total. The molecule has 18 aromatic carbocycles. The minimum atomic E-state index is 0.560. The molecule has 0 fully saturated rings. The van der Waals surface area contributed by atoms with E-state index >= 15 is 0 Å². The van der Waals surface area contributed by atoms with Crippen molar-refractivity contribution in [2.45, 2.75) is 0 Å². The van der Waals surface area contributed by atoms with Crippen LogP contribution in [0, 0.1) is 0 Å². The number of hydrogen-bond acceptors (Lipinski definition) is 12. The van der Waals surface area contributed by atoms with E-state index < -0.39 is 0 Å². The summed E-state index contributed by atoms with van der Waals surface area (Å²) in [6.07, 6.45) is 0. The SMILES string of the molecule is c1ccc2cc3c(cc2c1)c1ccccc1n3-c1nc(-c2ccc3c(c2)sc2ccccc23)c2oc3ccccc3c2n1.c1ccc2cc3c(cc2c1)c1ccccc1n3-c1nc(-c2ccc3oc4ccccc4c3c2)c2c(n1)oc1ccccc12.c1ccc2cc3c(cc2c1)c1ccccc1n3-c1nc(-c2ccc3oc4ccccc4c3c2)c2c(n1)sc1ccccc12. The van der Waals surface area contributed by atoms with Gasteiger partial charge in [0.05, 0.1) is 49.9 Å². The Bertz CT molecular complexity index is 9670. The lowest BCUT2D eigenvalue weighted by Crippen LogP contribution is -2.02. The van der Waals surface area contributed by atoms with E-state index in [0.717, 1.165) is 165 Å². The maximum Gasteiger partial charge on any atom is 0.238 e. The van der Waals surface area contributed by atoms with E-state index in [9.17, 15) is 0 Å². The van der Waals surface area contributed by atoms with Crippen LogP contribution >= 0.6 is 22.7 Å². The molecule has 30 aromatic rings. The second kappa shape index (κ2) is 27.8. The molecule has 13 nitrogen and oxygen atoms in total. The highest BCUT2D eigenvalue weighted by Gasteiger charge is 2.28. The minimum Gasteiger partial charge on any atom is -0.456 e. The monoisotopic (exact) mass is 1690 g/mol. The summed E-state index contributed by atoms with van der Waals surface area (Å²) in [5, 5.41) is 26.3. The van der Waals surface area contributed by atoms with Gasteiger partial charge in [-0.2, -0.15) is 4.98 Å². The fourth-order valence-corrected chi connectivity index (χ4v) is 22.2. The number of thiophene rings is 2. The first kappa shape index (κ1) is 71.4. The van der Waals surface area contributed by atoms with Gasteiger partial charge < -0.3 is 17.7 Å². The molecule has 0 saturated carbocycles. The third-order valence-electron chi connectivity index (χ3n) is 25.8. The van der Waals surface area contributed by atoms with Crippen molar-refractivity contribution >= 4 is 249 Å². The Morgan fingerprint density at radius 3 is 1.09 bits per heavy atom. The third-order valence-corrected chi connectivity index (χ3v) is 28.0. The molecule has 0 bridgehead atoms. The van der Waals surface area contributed by atoms with Gasteiger partial charge in [0.25, 0.3) is 0 Å². The largest absolute Gasteiger partial charge is 0.456 e. The highest BCUT2D eigenvalue weighted by atomic mass is 32.1. The smallest absolute Gasteiger partial charge is 0.238 e. The second-order valence-corrected chi connectivity index (χ2v) is 35.2. The first-order valence-electron chi connectivity index (χ1n) is 43.0. The van der Waals surface area contributed by atoms with E-state index in [1.54, 1.807) is 11.3 Å². The Balaban J connectivity index is 0.0000000976. The Labute approximate surface area is 738 Å². The summed E-state index contributed by atoms with van der Waals surface area (Å²) in [6.45, 7) is 0. The molecule has 0 aliphatic carbocycles. The van der Waals surface area contributed by atoms with Crippen LogP contribution in [0.15, 0.2) is 400 Å². The summed E-state index contributed by atoms with van der Waals surface area (Å²) < 4.78 is 35.5. The lowest BCUT2D eigenvalue weighted by molar-refractivity contribution is 0.651. The van der Waals surface area contributed by atoms with Gasteiger partial charge in [-0.1, -0.05) is 243 Å². The molecule has 12 aromatic heterocycles. The Morgan fingerprint density at radius 2 is 0.566 bits per heavy atom. The highest BCUT2D eigenvalue weighted by molar-refractivity contribution is 7.26. The molecule has 0 saturated heterocycles. The minimum absolute atomic E-state index is 0.560. The van der Waals surface area contributed by atoms with Gasteiger partial charge in [-0.3, -0.25) is 13.7 Å². The van der Waals surface area contributed by atoms with Crippen LogP contribution in [0.5, 0.6) is 0 Å². The predicted molar refractivity (Wildman–Crippen MR) is 533 cm³/mol. The van der Waals surface area contributed by atoms with Gasteiger partial charge in [0.1, 0.15) is 49.5 Å². The van der Waals surface area contributed by atoms with Crippen molar-refractivity contribution in [3.8, 4) is 51.6 Å². The van der Waals surface area contributed by atoms with Crippen LogP contribution in [-0.4, -0.2) is 43.6 Å². The summed E-state index contributed by atoms with van der Waals surface area (Å²) in [5.41, 5.74) is 19.2. The zero-order chi connectivity index (χ0) is 84.2. The van der Waals surface area contributed by atoms with E-state index in [2.05, 4.69) is 323 Å². The van der Waals surface area contributed by atoms with Crippen LogP contribution in [0.1, 0.15) is 0 Å². The Morgan fingerprint density at radius 1 is 0.202 bits per heavy atom. The Kier molecular flexibility index (Phi) is 15.4. The van der Waals surface area contributed by atoms with Crippen molar-refractivity contribution < 1.29 is 17.7 Å². The normalized spacial score (nSPS) is 12.2. The summed E-state index contributed by atoms with van der Waals surface area (Å²) in [4.78, 5) is 32.6. The van der Waals surface area contributed by atoms with Crippen molar-refractivity contribution in [3.63, 3.8) is 0 Å². The number of furan rings is 4. The first-order valence-corrected chi connectivity index (χ1v) is 44.6. The first-order chi connectivity index (χ1) is 63.9. The molecule has 12 heterocycles. The number of rotatable bonds is 6. The second-order valence-electron chi connectivity index (χ2n) is 33.1. The van der Waals surface area contributed by atoms with Gasteiger partial charge in [0, 0.05) is 117 Å². The molecular weight excluding hydrogens is 1620 g/mol. The van der Waals surface area contributed by atoms with Crippen LogP contribution in [-0.2, 0) is 0 Å². The van der Waals surface area contributed by atoms with Crippen LogP contribution in [0.3, 0.4) is 0 Å². The van der Waals surface area contributed by atoms with Crippen LogP contribution < -0.4 is 0 Å². The van der Waals surface area contributed by atoms with E-state index in [1.165, 1.54) is 84.1 Å². The molecule has 0 unspecified atom stereocenters. The fourth-order valence-electron chi connectivity index (χ4n) is 19.9. The summed E-state index contributed by atoms with van der Waals surface area (Å²) in [7, 11) is 0. The quantitative estimate of drug-likeness (QED) is 0.158. The standard InChI is InChI=1S/C38H21N3O2.2C38H21N3OS/c1-2-10-23-21-31-28(19-22(23)9-1)25-11-3-6-14-30(25)41(31)38-39-36(35-27-13-5-8-16-33(27)43-37(35)40-38)24-17-18-34-29(20-24)26-12-4-7-15-32(26)42-34;1-2-10-23-20-31-29(19-22(23)9-1)25-11-3-6-14-30(25)41(31)38-39-35(37-36(40-38)28-13-4-7-15-32(28)42-37)24-17-18-27-26-12-5-8-16-33(26)43-34(27)21-24;1-2-10-23-21-31-28(19-22(23)9-1)25-11-3-6-14-30(25)41(31)38-39-36(35-27-13-5-8-16-34(27)43-37(35)40-38)24-17-18-33-29(20-24)26-12-4-7-15-32(26)42-33/h3*1-21H. The predicted octanol–water partition coefficient (Wildman–Crippen LogP) is 31.5. The van der Waals surface area contributed by atoms with Gasteiger partial charge in [0.15, 0.2) is 5.58 Å². The zero-order valence-electron chi connectivity index (χ0n) is 68.3. The zero-order valence-corrected chi connectivity index (χ0v) is 70.0. The van der Waals surface area contributed by atoms with Gasteiger partial charge >= 0.3 is 0 Å². The highest BCUT2D eigenvalue weighted by Crippen LogP contribution is 2.48. The van der Waals surface area contributed by atoms with Crippen LogP contribution in [0.25, 0.3) is 278 Å². The fraction of sp³-hybridized carbons (Fsp3) is 0. The summed E-state index contributed by atoms with van der Waals surface area (Å²) >= 11 is 3.53.